The van der Waals surface area contributed by atoms with Crippen molar-refractivity contribution in [1.29, 1.82) is 0 Å². The molecule has 288 valence electrons. The van der Waals surface area contributed by atoms with E-state index in [-0.39, 0.29) is 22.7 Å². The fourth-order valence-corrected chi connectivity index (χ4v) is 9.52. The number of benzene rings is 4. The summed E-state index contributed by atoms with van der Waals surface area (Å²) >= 11 is 0. The summed E-state index contributed by atoms with van der Waals surface area (Å²) in [5.74, 6) is 2.96. The number of aromatic nitrogens is 2. The lowest BCUT2D eigenvalue weighted by atomic mass is 9.67. The highest BCUT2D eigenvalue weighted by Gasteiger charge is 2.56. The van der Waals surface area contributed by atoms with Crippen LogP contribution in [0.15, 0.2) is 71.9 Å². The molecule has 2 aliphatic heterocycles. The highest BCUT2D eigenvalue weighted by atomic mass is 16.5. The van der Waals surface area contributed by atoms with Gasteiger partial charge in [0.05, 0.1) is 11.0 Å². The van der Waals surface area contributed by atoms with Crippen molar-refractivity contribution in [2.24, 2.45) is 4.99 Å². The van der Waals surface area contributed by atoms with Gasteiger partial charge in [0.1, 0.15) is 28.5 Å². The van der Waals surface area contributed by atoms with Crippen LogP contribution in [0.5, 0.6) is 11.5 Å². The standard InChI is InChI=1S/C51H57N3O2/c1-28-15-16-39-36(31(28)4)17-19-50(13)51(39,14)53-46(56-50)32-22-33(47(5,6)7)24-35(23-32)55-42-27-41-37(21-30(42)3)38-25-34(48(8,9)10)26-40-44(38)54(41)45-43(49(40,11)12)29(2)18-20-52-45/h15-16,18,20-27H,17,19H2,1-14H3/t50-,51+/m0/s1/i17D2. The predicted molar refractivity (Wildman–Crippen MR) is 232 cm³/mol. The van der Waals surface area contributed by atoms with Crippen LogP contribution in [0.1, 0.15) is 140 Å². The van der Waals surface area contributed by atoms with Crippen LogP contribution in [-0.2, 0) is 32.9 Å². The maximum absolute atomic E-state index is 9.23. The normalized spacial score (nSPS) is 22.5. The Morgan fingerprint density at radius 2 is 1.48 bits per heavy atom. The van der Waals surface area contributed by atoms with E-state index in [1.165, 1.54) is 38.5 Å². The molecule has 0 fully saturated rings. The molecule has 0 unspecified atom stereocenters. The third kappa shape index (κ3) is 5.11. The first-order valence-electron chi connectivity index (χ1n) is 21.2. The van der Waals surface area contributed by atoms with E-state index in [1.807, 2.05) is 33.0 Å². The summed E-state index contributed by atoms with van der Waals surface area (Å²) in [5.41, 5.74) is 11.9. The van der Waals surface area contributed by atoms with Gasteiger partial charge in [0.15, 0.2) is 0 Å². The molecule has 9 rings (SSSR count). The topological polar surface area (TPSA) is 48.6 Å². The Labute approximate surface area is 336 Å². The highest BCUT2D eigenvalue weighted by molar-refractivity contribution is 6.12. The molecule has 0 N–H and O–H groups in total. The summed E-state index contributed by atoms with van der Waals surface area (Å²) in [6.45, 7) is 30.7. The van der Waals surface area contributed by atoms with Gasteiger partial charge in [-0.05, 0) is 152 Å². The number of fused-ring (bicyclic) bond motifs is 8. The monoisotopic (exact) mass is 745 g/mol. The minimum absolute atomic E-state index is 0.0276. The molecule has 6 aromatic rings. The molecule has 4 heterocycles. The van der Waals surface area contributed by atoms with Crippen molar-refractivity contribution in [2.75, 3.05) is 0 Å². The van der Waals surface area contributed by atoms with Crippen molar-refractivity contribution in [3.05, 3.63) is 128 Å². The van der Waals surface area contributed by atoms with E-state index < -0.39 is 17.5 Å². The second kappa shape index (κ2) is 11.6. The second-order valence-electron chi connectivity index (χ2n) is 19.8. The zero-order valence-electron chi connectivity index (χ0n) is 37.7. The summed E-state index contributed by atoms with van der Waals surface area (Å²) in [6.07, 6.45) is 0.566. The van der Waals surface area contributed by atoms with Crippen LogP contribution in [0.3, 0.4) is 0 Å². The van der Waals surface area contributed by atoms with Crippen molar-refractivity contribution in [3.8, 4) is 17.3 Å². The molecule has 5 heteroatoms. The Balaban J connectivity index is 1.22. The number of aryl methyl sites for hydroxylation is 3. The molecule has 4 aromatic carbocycles. The molecule has 2 atom stereocenters. The van der Waals surface area contributed by atoms with E-state index in [4.69, 9.17) is 19.5 Å². The molecule has 5 nitrogen and oxygen atoms in total. The second-order valence-corrected chi connectivity index (χ2v) is 19.8. The Morgan fingerprint density at radius 3 is 2.20 bits per heavy atom. The first-order valence-corrected chi connectivity index (χ1v) is 20.2. The van der Waals surface area contributed by atoms with Crippen LogP contribution in [0.25, 0.3) is 27.6 Å². The zero-order valence-corrected chi connectivity index (χ0v) is 35.7. The van der Waals surface area contributed by atoms with Crippen molar-refractivity contribution in [2.45, 2.75) is 137 Å². The lowest BCUT2D eigenvalue weighted by molar-refractivity contribution is 0.0163. The quantitative estimate of drug-likeness (QED) is 0.181. The minimum atomic E-state index is -1.56. The van der Waals surface area contributed by atoms with Crippen LogP contribution < -0.4 is 4.74 Å². The third-order valence-electron chi connectivity index (χ3n) is 13.5. The van der Waals surface area contributed by atoms with Crippen LogP contribution >= 0.6 is 0 Å². The van der Waals surface area contributed by atoms with Crippen molar-refractivity contribution in [1.82, 2.24) is 9.55 Å². The summed E-state index contributed by atoms with van der Waals surface area (Å²) in [5, 5.41) is 2.42. The van der Waals surface area contributed by atoms with Gasteiger partial charge in [-0.3, -0.25) is 4.57 Å². The first kappa shape index (κ1) is 34.4. The highest BCUT2D eigenvalue weighted by Crippen LogP contribution is 2.53. The Bertz CT molecular complexity index is 2810. The molecule has 0 amide bonds. The predicted octanol–water partition coefficient (Wildman–Crippen LogP) is 12.8. The molecule has 0 spiro atoms. The Kier molecular flexibility index (Phi) is 7.11. The van der Waals surface area contributed by atoms with E-state index in [0.29, 0.717) is 11.6 Å². The van der Waals surface area contributed by atoms with Crippen LogP contribution in [0.4, 0.5) is 0 Å². The zero-order chi connectivity index (χ0) is 41.9. The largest absolute Gasteiger partial charge is 0.468 e. The van der Waals surface area contributed by atoms with Gasteiger partial charge in [-0.2, -0.15) is 0 Å². The smallest absolute Gasteiger partial charge is 0.217 e. The molecule has 0 saturated carbocycles. The first-order chi connectivity index (χ1) is 26.9. The minimum Gasteiger partial charge on any atom is -0.468 e. The maximum atomic E-state index is 9.23. The van der Waals surface area contributed by atoms with Gasteiger partial charge in [0, 0.05) is 42.3 Å². The molecule has 0 saturated heterocycles. The van der Waals surface area contributed by atoms with Gasteiger partial charge in [-0.15, -0.1) is 0 Å². The summed E-state index contributed by atoms with van der Waals surface area (Å²) in [7, 11) is 0. The maximum Gasteiger partial charge on any atom is 0.217 e. The van der Waals surface area contributed by atoms with Crippen LogP contribution in [0.2, 0.25) is 0 Å². The van der Waals surface area contributed by atoms with E-state index in [1.54, 1.807) is 0 Å². The fraction of sp³-hybridized carbons (Fsp3) is 0.412. The molecular weight excluding hydrogens is 687 g/mol. The summed E-state index contributed by atoms with van der Waals surface area (Å²) < 4.78 is 34.7. The number of aliphatic imine (C=N–C) groups is 1. The van der Waals surface area contributed by atoms with Crippen LogP contribution in [-0.4, -0.2) is 21.0 Å². The van der Waals surface area contributed by atoms with E-state index in [0.717, 1.165) is 56.0 Å². The molecule has 1 aliphatic carbocycles. The fourth-order valence-electron chi connectivity index (χ4n) is 9.52. The number of hydrogen-bond donors (Lipinski definition) is 0. The average Bonchev–Trinajstić information content (AvgIpc) is 3.57. The van der Waals surface area contributed by atoms with Crippen molar-refractivity contribution < 1.29 is 12.2 Å². The molecule has 2 aromatic heterocycles. The Morgan fingerprint density at radius 1 is 0.768 bits per heavy atom. The average molecular weight is 746 g/mol. The summed E-state index contributed by atoms with van der Waals surface area (Å²) in [4.78, 5) is 10.4. The number of rotatable bonds is 3. The van der Waals surface area contributed by atoms with Crippen molar-refractivity contribution >= 4 is 27.7 Å². The summed E-state index contributed by atoms with van der Waals surface area (Å²) in [6, 6.07) is 21.9. The molecule has 3 aliphatic rings. The van der Waals surface area contributed by atoms with Crippen LogP contribution in [0, 0.1) is 27.7 Å². The lowest BCUT2D eigenvalue weighted by Crippen LogP contribution is -2.48. The Hall–Kier alpha value is -4.90. The molecule has 56 heavy (non-hydrogen) atoms. The molecule has 0 bridgehead atoms. The lowest BCUT2D eigenvalue weighted by Gasteiger charge is -2.43. The number of nitrogens with zero attached hydrogens (tertiary/aromatic N) is 3. The number of pyridine rings is 1. The molecular formula is C51H57N3O2. The van der Waals surface area contributed by atoms with Gasteiger partial charge in [-0.25, -0.2) is 9.98 Å². The van der Waals surface area contributed by atoms with Gasteiger partial charge in [0.25, 0.3) is 0 Å². The third-order valence-corrected chi connectivity index (χ3v) is 13.5. The van der Waals surface area contributed by atoms with E-state index >= 15 is 0 Å². The van der Waals surface area contributed by atoms with Crippen molar-refractivity contribution in [3.63, 3.8) is 0 Å². The van der Waals surface area contributed by atoms with E-state index in [2.05, 4.69) is 135 Å². The van der Waals surface area contributed by atoms with Gasteiger partial charge < -0.3 is 9.47 Å². The van der Waals surface area contributed by atoms with Gasteiger partial charge in [0.2, 0.25) is 5.90 Å². The number of ether oxygens (including phenoxy) is 2. The van der Waals surface area contributed by atoms with Gasteiger partial charge >= 0.3 is 0 Å². The number of hydrogen-bond acceptors (Lipinski definition) is 4. The van der Waals surface area contributed by atoms with Gasteiger partial charge in [-0.1, -0.05) is 73.6 Å². The van der Waals surface area contributed by atoms with E-state index in [9.17, 15) is 2.74 Å². The molecule has 0 radical (unpaired) electrons. The SMILES string of the molecule is [2H]C1([2H])C[C@]2(C)OC(c3cc(Oc4cc5c(cc4C)c4cc(C(C)(C)C)cc6c4n5-c4nccc(C)c4C6(C)C)cc(C(C)(C)C)c3)=N[C@]2(C)c2ccc(C)c(C)c21.